The normalized spacial score (nSPS) is 14.7. The van der Waals surface area contributed by atoms with Crippen LogP contribution in [0.5, 0.6) is 0 Å². The third-order valence-corrected chi connectivity index (χ3v) is 3.02. The quantitative estimate of drug-likeness (QED) is 0.388. The van der Waals surface area contributed by atoms with Crippen LogP contribution in [-0.2, 0) is 0 Å². The van der Waals surface area contributed by atoms with E-state index in [0.29, 0.717) is 0 Å². The van der Waals surface area contributed by atoms with E-state index in [0.717, 1.165) is 6.54 Å². The molecule has 0 aliphatic carbocycles. The molecular formula is C22H33N. The van der Waals surface area contributed by atoms with Crippen molar-refractivity contribution in [1.82, 2.24) is 4.90 Å². The van der Waals surface area contributed by atoms with Crippen LogP contribution in [-0.4, -0.2) is 11.4 Å². The molecule has 0 bridgehead atoms. The van der Waals surface area contributed by atoms with Crippen molar-refractivity contribution in [3.8, 4) is 0 Å². The van der Waals surface area contributed by atoms with Crippen molar-refractivity contribution in [2.45, 2.75) is 34.6 Å². The van der Waals surface area contributed by atoms with Gasteiger partial charge in [-0.25, -0.2) is 0 Å². The Balaban J connectivity index is 0. The van der Waals surface area contributed by atoms with Crippen molar-refractivity contribution in [2.24, 2.45) is 0 Å². The summed E-state index contributed by atoms with van der Waals surface area (Å²) in [6.07, 6.45) is 16.3. The second kappa shape index (κ2) is 14.6. The zero-order chi connectivity index (χ0) is 18.3. The summed E-state index contributed by atoms with van der Waals surface area (Å²) in [5.74, 6) is 0. The minimum absolute atomic E-state index is 0.953. The lowest BCUT2D eigenvalue weighted by molar-refractivity contribution is 0.440. The van der Waals surface area contributed by atoms with Gasteiger partial charge in [-0.2, -0.15) is 0 Å². The molecule has 0 amide bonds. The molecule has 1 aliphatic heterocycles. The lowest BCUT2D eigenvalue weighted by Gasteiger charge is -2.35. The maximum Gasteiger partial charge on any atom is 0.0435 e. The molecule has 1 aliphatic rings. The fourth-order valence-corrected chi connectivity index (χ4v) is 1.83. The Morgan fingerprint density at radius 2 is 1.70 bits per heavy atom. The molecule has 0 atom stereocenters. The van der Waals surface area contributed by atoms with Gasteiger partial charge in [-0.3, -0.25) is 0 Å². The third-order valence-electron chi connectivity index (χ3n) is 3.02. The molecule has 1 rings (SSSR count). The van der Waals surface area contributed by atoms with Crippen LogP contribution in [0.3, 0.4) is 0 Å². The highest BCUT2D eigenvalue weighted by Gasteiger charge is 2.19. The van der Waals surface area contributed by atoms with Crippen LogP contribution in [0.25, 0.3) is 0 Å². The van der Waals surface area contributed by atoms with E-state index in [1.54, 1.807) is 0 Å². The molecule has 1 heteroatoms. The second-order valence-corrected chi connectivity index (χ2v) is 4.49. The van der Waals surface area contributed by atoms with E-state index in [2.05, 4.69) is 62.4 Å². The van der Waals surface area contributed by atoms with Gasteiger partial charge in [0.2, 0.25) is 0 Å². The molecule has 1 heterocycles. The molecule has 0 N–H and O–H groups in total. The highest BCUT2D eigenvalue weighted by Crippen LogP contribution is 2.28. The standard InChI is InChI=1S/C18H23N.C2H6.C2H4/c1-6-9-17(10-7-2)19-14-13-18(19)16(5)12-11-15(4)8-3;2*1-2/h6-13H,1,3,14H2,2,4-5H3;1-2H3;1-2H2/b10-7-,15-11+,16-12+,17-9+;;. The summed E-state index contributed by atoms with van der Waals surface area (Å²) in [7, 11) is 0. The summed E-state index contributed by atoms with van der Waals surface area (Å²) in [6.45, 7) is 24.7. The highest BCUT2D eigenvalue weighted by molar-refractivity contribution is 5.43. The maximum atomic E-state index is 3.77. The van der Waals surface area contributed by atoms with Crippen molar-refractivity contribution in [2.75, 3.05) is 6.54 Å². The minimum Gasteiger partial charge on any atom is -0.338 e. The van der Waals surface area contributed by atoms with Crippen LogP contribution in [0.15, 0.2) is 97.5 Å². The molecule has 23 heavy (non-hydrogen) atoms. The van der Waals surface area contributed by atoms with E-state index >= 15 is 0 Å². The number of rotatable bonds is 6. The van der Waals surface area contributed by atoms with Crippen LogP contribution >= 0.6 is 0 Å². The highest BCUT2D eigenvalue weighted by atomic mass is 15.2. The predicted octanol–water partition coefficient (Wildman–Crippen LogP) is 6.74. The van der Waals surface area contributed by atoms with Gasteiger partial charge in [-0.1, -0.05) is 63.0 Å². The Kier molecular flexibility index (Phi) is 14.6. The lowest BCUT2D eigenvalue weighted by atomic mass is 10.0. The molecule has 0 aromatic heterocycles. The molecule has 0 spiro atoms. The zero-order valence-corrected chi connectivity index (χ0v) is 15.6. The van der Waals surface area contributed by atoms with E-state index in [-0.39, 0.29) is 0 Å². The first kappa shape index (κ1) is 23.0. The zero-order valence-electron chi connectivity index (χ0n) is 15.6. The molecule has 0 unspecified atom stereocenters. The SMILES string of the molecule is C=C.C=C/C=C(\C=C/C)N1CC=C1/C(C)=C/C=C(\C)C=C.CC. The lowest BCUT2D eigenvalue weighted by Crippen LogP contribution is -2.30. The minimum atomic E-state index is 0.953. The van der Waals surface area contributed by atoms with Gasteiger partial charge < -0.3 is 4.90 Å². The summed E-state index contributed by atoms with van der Waals surface area (Å²) in [4.78, 5) is 2.28. The van der Waals surface area contributed by atoms with Crippen molar-refractivity contribution in [3.05, 3.63) is 97.5 Å². The van der Waals surface area contributed by atoms with Crippen molar-refractivity contribution in [3.63, 3.8) is 0 Å². The number of nitrogens with zero attached hydrogens (tertiary/aromatic N) is 1. The van der Waals surface area contributed by atoms with E-state index in [1.165, 1.54) is 22.5 Å². The summed E-state index contributed by atoms with van der Waals surface area (Å²) in [5, 5.41) is 0. The molecule has 0 fully saturated rings. The average Bonchev–Trinajstić information content (AvgIpc) is 2.55. The van der Waals surface area contributed by atoms with Crippen LogP contribution < -0.4 is 0 Å². The molecule has 0 saturated heterocycles. The van der Waals surface area contributed by atoms with E-state index < -0.39 is 0 Å². The van der Waals surface area contributed by atoms with Gasteiger partial charge in [0.1, 0.15) is 0 Å². The number of allylic oxidation sites excluding steroid dienone is 9. The van der Waals surface area contributed by atoms with Gasteiger partial charge in [0.25, 0.3) is 0 Å². The number of hydrogen-bond acceptors (Lipinski definition) is 1. The van der Waals surface area contributed by atoms with Crippen LogP contribution in [0.2, 0.25) is 0 Å². The average molecular weight is 312 g/mol. The Morgan fingerprint density at radius 3 is 2.09 bits per heavy atom. The third kappa shape index (κ3) is 8.06. The smallest absolute Gasteiger partial charge is 0.0435 e. The molecule has 0 radical (unpaired) electrons. The summed E-state index contributed by atoms with van der Waals surface area (Å²) < 4.78 is 0. The van der Waals surface area contributed by atoms with E-state index in [1.807, 2.05) is 52.0 Å². The molecular weight excluding hydrogens is 278 g/mol. The summed E-state index contributed by atoms with van der Waals surface area (Å²) in [5.41, 5.74) is 4.86. The van der Waals surface area contributed by atoms with E-state index in [9.17, 15) is 0 Å². The Labute approximate surface area is 144 Å². The van der Waals surface area contributed by atoms with Crippen LogP contribution in [0.1, 0.15) is 34.6 Å². The fraction of sp³-hybridized carbons (Fsp3) is 0.273. The molecule has 126 valence electrons. The monoisotopic (exact) mass is 311 g/mol. The molecule has 0 aromatic carbocycles. The predicted molar refractivity (Wildman–Crippen MR) is 108 cm³/mol. The first-order chi connectivity index (χ1) is 11.1. The molecule has 0 aromatic rings. The first-order valence-corrected chi connectivity index (χ1v) is 8.05. The van der Waals surface area contributed by atoms with Gasteiger partial charge in [0, 0.05) is 17.9 Å². The van der Waals surface area contributed by atoms with E-state index in [4.69, 9.17) is 0 Å². The Morgan fingerprint density at radius 1 is 1.09 bits per heavy atom. The summed E-state index contributed by atoms with van der Waals surface area (Å²) >= 11 is 0. The Bertz CT molecular complexity index is 510. The van der Waals surface area contributed by atoms with Crippen molar-refractivity contribution >= 4 is 0 Å². The van der Waals surface area contributed by atoms with Crippen LogP contribution in [0, 0.1) is 0 Å². The Hall–Kier alpha value is -2.28. The number of hydrogen-bond donors (Lipinski definition) is 0. The van der Waals surface area contributed by atoms with Gasteiger partial charge in [0.15, 0.2) is 0 Å². The molecule has 0 saturated carbocycles. The topological polar surface area (TPSA) is 3.24 Å². The van der Waals surface area contributed by atoms with Gasteiger partial charge in [-0.15, -0.1) is 13.2 Å². The van der Waals surface area contributed by atoms with Crippen LogP contribution in [0.4, 0.5) is 0 Å². The second-order valence-electron chi connectivity index (χ2n) is 4.49. The largest absolute Gasteiger partial charge is 0.338 e. The fourth-order valence-electron chi connectivity index (χ4n) is 1.83. The summed E-state index contributed by atoms with van der Waals surface area (Å²) in [6, 6.07) is 0. The first-order valence-electron chi connectivity index (χ1n) is 8.05. The molecule has 1 nitrogen and oxygen atoms in total. The van der Waals surface area contributed by atoms with Gasteiger partial charge in [-0.05, 0) is 44.6 Å². The van der Waals surface area contributed by atoms with Gasteiger partial charge in [0.05, 0.1) is 0 Å². The van der Waals surface area contributed by atoms with Crippen molar-refractivity contribution < 1.29 is 0 Å². The van der Waals surface area contributed by atoms with Crippen molar-refractivity contribution in [1.29, 1.82) is 0 Å². The maximum absolute atomic E-state index is 3.77. The van der Waals surface area contributed by atoms with Gasteiger partial charge >= 0.3 is 0 Å².